The van der Waals surface area contributed by atoms with Crippen LogP contribution in [0, 0.1) is 0 Å². The molecule has 1 aromatic carbocycles. The van der Waals surface area contributed by atoms with Crippen LogP contribution in [0.15, 0.2) is 30.3 Å². The lowest BCUT2D eigenvalue weighted by Crippen LogP contribution is -2.52. The van der Waals surface area contributed by atoms with E-state index in [0.717, 1.165) is 11.5 Å². The molecular weight excluding hydrogens is 447 g/mol. The van der Waals surface area contributed by atoms with Gasteiger partial charge in [0, 0.05) is 29.6 Å². The first-order chi connectivity index (χ1) is 14.6. The zero-order valence-electron chi connectivity index (χ0n) is 20.4. The molecule has 0 bridgehead atoms. The van der Waals surface area contributed by atoms with E-state index >= 15 is 0 Å². The number of ether oxygens (including phenoxy) is 1. The molecule has 178 valence electrons. The van der Waals surface area contributed by atoms with Crippen LogP contribution >= 0.6 is 29.9 Å². The molecule has 1 atom stereocenters. The zero-order valence-corrected chi connectivity index (χ0v) is 22.9. The Morgan fingerprint density at radius 2 is 1.55 bits per heavy atom. The summed E-state index contributed by atoms with van der Waals surface area (Å²) in [5.41, 5.74) is 0.596. The molecule has 0 heterocycles. The molecule has 1 rings (SSSR count). The van der Waals surface area contributed by atoms with Crippen LogP contribution in [0.1, 0.15) is 65.7 Å². The van der Waals surface area contributed by atoms with Crippen molar-refractivity contribution < 1.29 is 14.1 Å². The molecule has 1 aromatic rings. The van der Waals surface area contributed by atoms with Crippen LogP contribution in [0.3, 0.4) is 0 Å². The molecule has 8 heteroatoms. The fourth-order valence-electron chi connectivity index (χ4n) is 3.66. The topological polar surface area (TPSA) is 50.8 Å². The summed E-state index contributed by atoms with van der Waals surface area (Å²) >= 11 is 0. The third-order valence-corrected chi connectivity index (χ3v) is 9.25. The first-order valence-electron chi connectivity index (χ1n) is 11.0. The van der Waals surface area contributed by atoms with Crippen molar-refractivity contribution in [2.24, 2.45) is 0 Å². The van der Waals surface area contributed by atoms with Gasteiger partial charge in [-0.2, -0.15) is 0 Å². The normalized spacial score (nSPS) is 13.4. The van der Waals surface area contributed by atoms with E-state index in [1.807, 2.05) is 18.2 Å². The Bertz CT molecular complexity index is 623. The predicted octanol–water partition coefficient (Wildman–Crippen LogP) is 6.41. The summed E-state index contributed by atoms with van der Waals surface area (Å²) in [4.78, 5) is 14.5. The minimum Gasteiger partial charge on any atom is -0.461 e. The summed E-state index contributed by atoms with van der Waals surface area (Å²) in [6.45, 7) is 19.0. The van der Waals surface area contributed by atoms with E-state index in [4.69, 9.17) is 9.26 Å². The number of nitrogens with one attached hydrogen (secondary N) is 1. The number of nitrogens with zero attached hydrogens (tertiary/aromatic N) is 1. The molecule has 1 N–H and O–H groups in total. The largest absolute Gasteiger partial charge is 0.461 e. The summed E-state index contributed by atoms with van der Waals surface area (Å²) in [5.74, 6) is 1.40. The quantitative estimate of drug-likeness (QED) is 0.133. The van der Waals surface area contributed by atoms with Gasteiger partial charge in [0.25, 0.3) is 0 Å². The minimum absolute atomic E-state index is 0.0780. The first kappa shape index (κ1) is 28.7. The van der Waals surface area contributed by atoms with Crippen molar-refractivity contribution >= 4 is 35.9 Å². The Morgan fingerprint density at radius 1 is 1.00 bits per heavy atom. The van der Waals surface area contributed by atoms with Gasteiger partial charge in [0.15, 0.2) is 0 Å². The monoisotopic (exact) mass is 488 g/mol. The van der Waals surface area contributed by atoms with Gasteiger partial charge < -0.3 is 9.26 Å². The molecule has 0 aromatic heterocycles. The van der Waals surface area contributed by atoms with Gasteiger partial charge in [-0.3, -0.25) is 9.99 Å². The maximum Gasteiger partial charge on any atom is 0.338 e. The Labute approximate surface area is 199 Å². The Balaban J connectivity index is 2.38. The summed E-state index contributed by atoms with van der Waals surface area (Å²) in [5, 5.41) is 3.60. The molecule has 0 radical (unpaired) electrons. The van der Waals surface area contributed by atoms with Crippen LogP contribution in [0.25, 0.3) is 0 Å². The van der Waals surface area contributed by atoms with Crippen molar-refractivity contribution in [3.63, 3.8) is 0 Å². The van der Waals surface area contributed by atoms with Crippen LogP contribution in [0.4, 0.5) is 0 Å². The average molecular weight is 489 g/mol. The Kier molecular flexibility index (Phi) is 13.7. The second-order valence-corrected chi connectivity index (χ2v) is 13.5. The van der Waals surface area contributed by atoms with Crippen LogP contribution in [-0.2, 0) is 9.26 Å². The fourth-order valence-corrected chi connectivity index (χ4v) is 7.56. The van der Waals surface area contributed by atoms with Crippen molar-refractivity contribution in [1.82, 2.24) is 9.99 Å². The lowest BCUT2D eigenvalue weighted by Gasteiger charge is -2.48. The van der Waals surface area contributed by atoms with E-state index < -0.39 is 8.30 Å². The van der Waals surface area contributed by atoms with E-state index in [9.17, 15) is 4.79 Å². The summed E-state index contributed by atoms with van der Waals surface area (Å²) in [6, 6.07) is 10.4. The molecule has 0 spiro atoms. The predicted molar refractivity (Wildman–Crippen MR) is 139 cm³/mol. The molecule has 1 unspecified atom stereocenters. The fraction of sp³-hybridized carbons (Fsp3) is 0.696. The average Bonchev–Trinajstić information content (AvgIpc) is 2.68. The molecule has 0 aliphatic heterocycles. The molecule has 0 fully saturated rings. The lowest BCUT2D eigenvalue weighted by molar-refractivity contribution is 0.0530. The second-order valence-electron chi connectivity index (χ2n) is 8.65. The molecule has 5 nitrogen and oxygen atoms in total. The van der Waals surface area contributed by atoms with Crippen molar-refractivity contribution in [1.29, 1.82) is 0 Å². The number of carbonyl (C=O) groups excluding carboxylic acids is 1. The molecule has 31 heavy (non-hydrogen) atoms. The van der Waals surface area contributed by atoms with Gasteiger partial charge in [-0.15, -0.1) is 0 Å². The van der Waals surface area contributed by atoms with E-state index in [1.165, 1.54) is 0 Å². The lowest BCUT2D eigenvalue weighted by atomic mass is 10.1. The van der Waals surface area contributed by atoms with Crippen LogP contribution in [0.2, 0.25) is 0 Å². The van der Waals surface area contributed by atoms with E-state index in [2.05, 4.69) is 65.4 Å². The summed E-state index contributed by atoms with van der Waals surface area (Å²) < 4.78 is 11.7. The number of hydrogen-bond donors (Lipinski definition) is 1. The van der Waals surface area contributed by atoms with Gasteiger partial charge in [-0.1, -0.05) is 39.8 Å². The number of benzene rings is 1. The summed E-state index contributed by atoms with van der Waals surface area (Å²) in [6.07, 6.45) is 0. The number of carbonyl (C=O) groups is 1. The van der Waals surface area contributed by atoms with Gasteiger partial charge in [-0.05, 0) is 67.5 Å². The first-order valence-corrected chi connectivity index (χ1v) is 14.8. The molecule has 0 aliphatic carbocycles. The minimum atomic E-state index is -0.826. The molecule has 0 aliphatic rings. The Morgan fingerprint density at radius 3 is 2.06 bits per heavy atom. The van der Waals surface area contributed by atoms with Gasteiger partial charge in [0.1, 0.15) is 14.9 Å². The van der Waals surface area contributed by atoms with Gasteiger partial charge in [-0.25, -0.2) is 4.79 Å². The highest BCUT2D eigenvalue weighted by Crippen LogP contribution is 2.51. The van der Waals surface area contributed by atoms with Gasteiger partial charge >= 0.3 is 5.97 Å². The maximum atomic E-state index is 11.9. The third kappa shape index (κ3) is 10.4. The highest BCUT2D eigenvalue weighted by Gasteiger charge is 2.40. The second kappa shape index (κ2) is 14.8. The molecule has 0 saturated heterocycles. The van der Waals surface area contributed by atoms with E-state index in [-0.39, 0.29) is 11.2 Å². The zero-order chi connectivity index (χ0) is 23.4. The molecule has 0 saturated carbocycles. The van der Waals surface area contributed by atoms with E-state index in [1.54, 1.807) is 33.7 Å². The van der Waals surface area contributed by atoms with Crippen molar-refractivity contribution in [3.05, 3.63) is 35.9 Å². The molecule has 0 amide bonds. The third-order valence-electron chi connectivity index (χ3n) is 4.50. The van der Waals surface area contributed by atoms with Gasteiger partial charge in [0.2, 0.25) is 0 Å². The maximum absolute atomic E-state index is 11.9. The molecular formula is C23H41N2O3PS2. The Hall–Kier alpha value is -0.300. The number of hydrogen-bond acceptors (Lipinski definition) is 7. The van der Waals surface area contributed by atoms with Crippen molar-refractivity contribution in [3.8, 4) is 0 Å². The van der Waals surface area contributed by atoms with Crippen molar-refractivity contribution in [2.75, 3.05) is 24.7 Å². The van der Waals surface area contributed by atoms with Crippen molar-refractivity contribution in [2.45, 2.75) is 78.8 Å². The van der Waals surface area contributed by atoms with Crippen LogP contribution < -0.4 is 5.09 Å². The standard InChI is InChI=1S/C23H41N2O3PS2/c1-18(2)24-29(23(7,8)25(19(3)4)20(5)6)28-15-17-31-30-16-14-27-22(26)21-12-10-9-11-13-21/h9-13,18-20,24H,14-17H2,1-8H3. The van der Waals surface area contributed by atoms with Gasteiger partial charge in [0.05, 0.1) is 17.5 Å². The highest BCUT2D eigenvalue weighted by molar-refractivity contribution is 8.76. The van der Waals surface area contributed by atoms with E-state index in [0.29, 0.717) is 36.9 Å². The smallest absolute Gasteiger partial charge is 0.338 e. The number of esters is 1. The van der Waals surface area contributed by atoms with Crippen LogP contribution in [0.5, 0.6) is 0 Å². The van der Waals surface area contributed by atoms with Crippen LogP contribution in [-0.4, -0.2) is 59.0 Å². The summed E-state index contributed by atoms with van der Waals surface area (Å²) in [7, 11) is 2.65. The highest BCUT2D eigenvalue weighted by atomic mass is 33.1. The number of rotatable bonds is 15. The SMILES string of the molecule is CC(C)NP(OCCSSCCOC(=O)c1ccccc1)C(C)(C)N(C(C)C)C(C)C.